The van der Waals surface area contributed by atoms with Crippen LogP contribution < -0.4 is 9.46 Å². The monoisotopic (exact) mass is 364 g/mol. The molecule has 3 N–H and O–H groups in total. The lowest BCUT2D eigenvalue weighted by atomic mass is 10.2. The molecule has 126 valence electrons. The van der Waals surface area contributed by atoms with Crippen LogP contribution in [-0.4, -0.2) is 21.4 Å². The van der Waals surface area contributed by atoms with Crippen LogP contribution in [0.15, 0.2) is 47.5 Å². The maximum absolute atomic E-state index is 12.6. The molecule has 2 aromatic carbocycles. The number of fused-ring (bicyclic) bond motifs is 1. The van der Waals surface area contributed by atoms with Crippen LogP contribution in [0.3, 0.4) is 0 Å². The van der Waals surface area contributed by atoms with Crippen LogP contribution in [0.4, 0.5) is 0 Å². The van der Waals surface area contributed by atoms with Crippen molar-refractivity contribution in [3.63, 3.8) is 0 Å². The second-order valence-corrected chi connectivity index (χ2v) is 6.89. The van der Waals surface area contributed by atoms with Crippen molar-refractivity contribution in [2.45, 2.75) is 18.2 Å². The summed E-state index contributed by atoms with van der Waals surface area (Å²) in [6.07, 6.45) is 0. The molecule has 0 amide bonds. The van der Waals surface area contributed by atoms with E-state index in [9.17, 15) is 9.32 Å². The summed E-state index contributed by atoms with van der Waals surface area (Å²) >= 11 is 5.86. The molecule has 1 heterocycles. The van der Waals surface area contributed by atoms with E-state index in [4.69, 9.17) is 16.3 Å². The number of aliphatic hydroxyl groups excluding tert-OH is 1. The van der Waals surface area contributed by atoms with E-state index in [1.165, 1.54) is 0 Å². The van der Waals surface area contributed by atoms with E-state index in [0.29, 0.717) is 27.9 Å². The van der Waals surface area contributed by atoms with Gasteiger partial charge in [-0.05, 0) is 35.9 Å². The van der Waals surface area contributed by atoms with Crippen LogP contribution in [0.25, 0.3) is 10.9 Å². The minimum absolute atomic E-state index is 0.211. The van der Waals surface area contributed by atoms with Gasteiger partial charge in [-0.15, -0.1) is 0 Å². The maximum atomic E-state index is 12.6. The summed E-state index contributed by atoms with van der Waals surface area (Å²) in [6, 6.07) is 12.8. The summed E-state index contributed by atoms with van der Waals surface area (Å²) in [4.78, 5) is 3.11. The van der Waals surface area contributed by atoms with Gasteiger partial charge in [0.2, 0.25) is 0 Å². The Bertz CT molecular complexity index is 877. The number of rotatable bonds is 6. The Morgan fingerprint density at radius 2 is 2.00 bits per heavy atom. The Kier molecular flexibility index (Phi) is 5.20. The van der Waals surface area contributed by atoms with E-state index in [1.54, 1.807) is 19.2 Å². The average Bonchev–Trinajstić information content (AvgIpc) is 2.98. The SMILES string of the molecule is COc1ccc2[nH]c(S(=O)NCc3ccc(Cl)cc3)c(CO)c2c1. The zero-order valence-corrected chi connectivity index (χ0v) is 14.6. The molecule has 7 heteroatoms. The van der Waals surface area contributed by atoms with Crippen molar-refractivity contribution in [1.29, 1.82) is 0 Å². The fourth-order valence-corrected chi connectivity index (χ4v) is 3.64. The number of nitrogens with one attached hydrogen (secondary N) is 2. The van der Waals surface area contributed by atoms with E-state index in [2.05, 4.69) is 9.71 Å². The van der Waals surface area contributed by atoms with Crippen molar-refractivity contribution >= 4 is 33.5 Å². The van der Waals surface area contributed by atoms with Crippen molar-refractivity contribution in [2.24, 2.45) is 0 Å². The van der Waals surface area contributed by atoms with E-state index in [1.807, 2.05) is 30.3 Å². The number of aliphatic hydroxyl groups is 1. The zero-order valence-electron chi connectivity index (χ0n) is 13.0. The first-order valence-corrected chi connectivity index (χ1v) is 8.84. The van der Waals surface area contributed by atoms with Gasteiger partial charge in [0.1, 0.15) is 21.8 Å². The molecule has 0 aliphatic carbocycles. The third-order valence-corrected chi connectivity index (χ3v) is 5.12. The highest BCUT2D eigenvalue weighted by Crippen LogP contribution is 2.28. The quantitative estimate of drug-likeness (QED) is 0.629. The molecular weight excluding hydrogens is 348 g/mol. The van der Waals surface area contributed by atoms with Crippen molar-refractivity contribution in [3.8, 4) is 5.75 Å². The van der Waals surface area contributed by atoms with E-state index < -0.39 is 11.0 Å². The molecular formula is C17H17ClN2O3S. The van der Waals surface area contributed by atoms with E-state index >= 15 is 0 Å². The molecule has 1 unspecified atom stereocenters. The van der Waals surface area contributed by atoms with Crippen LogP contribution in [0.5, 0.6) is 5.75 Å². The third-order valence-electron chi connectivity index (χ3n) is 3.74. The molecule has 0 aliphatic heterocycles. The lowest BCUT2D eigenvalue weighted by Crippen LogP contribution is -2.18. The standard InChI is InChI=1S/C17H17ClN2O3S/c1-23-13-6-7-16-14(8-13)15(10-21)17(20-16)24(22)19-9-11-2-4-12(18)5-3-11/h2-8,19-21H,9-10H2,1H3. The first-order valence-electron chi connectivity index (χ1n) is 7.31. The fraction of sp³-hybridized carbons (Fsp3) is 0.176. The van der Waals surface area contributed by atoms with Crippen LogP contribution in [0.2, 0.25) is 5.02 Å². The summed E-state index contributed by atoms with van der Waals surface area (Å²) in [7, 11) is 0.101. The number of aromatic amines is 1. The van der Waals surface area contributed by atoms with Crippen molar-refractivity contribution < 1.29 is 14.1 Å². The summed E-state index contributed by atoms with van der Waals surface area (Å²) in [5.74, 6) is 0.683. The van der Waals surface area contributed by atoms with Crippen LogP contribution >= 0.6 is 11.6 Å². The molecule has 0 saturated heterocycles. The molecule has 0 saturated carbocycles. The van der Waals surface area contributed by atoms with Crippen molar-refractivity contribution in [3.05, 3.63) is 58.6 Å². The van der Waals surface area contributed by atoms with Gasteiger partial charge in [0, 0.05) is 28.0 Å². The Hall–Kier alpha value is -1.86. The van der Waals surface area contributed by atoms with Gasteiger partial charge >= 0.3 is 0 Å². The molecule has 1 aromatic heterocycles. The lowest BCUT2D eigenvalue weighted by Gasteiger charge is -2.05. The van der Waals surface area contributed by atoms with Gasteiger partial charge in [-0.25, -0.2) is 8.93 Å². The second-order valence-electron chi connectivity index (χ2n) is 5.22. The highest BCUT2D eigenvalue weighted by Gasteiger charge is 2.16. The van der Waals surface area contributed by atoms with Gasteiger partial charge < -0.3 is 14.8 Å². The molecule has 0 spiro atoms. The molecule has 0 aliphatic rings. The highest BCUT2D eigenvalue weighted by atomic mass is 35.5. The maximum Gasteiger partial charge on any atom is 0.142 e. The van der Waals surface area contributed by atoms with Gasteiger partial charge in [-0.2, -0.15) is 0 Å². The molecule has 5 nitrogen and oxygen atoms in total. The Morgan fingerprint density at radius 1 is 1.25 bits per heavy atom. The Balaban J connectivity index is 1.84. The molecule has 1 atom stereocenters. The van der Waals surface area contributed by atoms with Gasteiger partial charge in [-0.3, -0.25) is 0 Å². The van der Waals surface area contributed by atoms with E-state index in [-0.39, 0.29) is 6.61 Å². The third kappa shape index (κ3) is 3.47. The van der Waals surface area contributed by atoms with Gasteiger partial charge in [0.15, 0.2) is 0 Å². The molecule has 0 fully saturated rings. The molecule has 0 bridgehead atoms. The molecule has 24 heavy (non-hydrogen) atoms. The molecule has 3 rings (SSSR count). The number of H-pyrrole nitrogens is 1. The topological polar surface area (TPSA) is 74.4 Å². The van der Waals surface area contributed by atoms with Gasteiger partial charge in [-0.1, -0.05) is 23.7 Å². The number of benzene rings is 2. The van der Waals surface area contributed by atoms with E-state index in [0.717, 1.165) is 16.5 Å². The minimum Gasteiger partial charge on any atom is -0.497 e. The number of aromatic nitrogens is 1. The smallest absolute Gasteiger partial charge is 0.142 e. The number of ether oxygens (including phenoxy) is 1. The van der Waals surface area contributed by atoms with Crippen LogP contribution in [-0.2, 0) is 24.1 Å². The Labute approximate surface area is 147 Å². The summed E-state index contributed by atoms with van der Waals surface area (Å²) in [5, 5.41) is 11.6. The van der Waals surface area contributed by atoms with Gasteiger partial charge in [0.05, 0.1) is 13.7 Å². The first-order chi connectivity index (χ1) is 11.6. The minimum atomic E-state index is -1.48. The average molecular weight is 365 g/mol. The predicted molar refractivity (Wildman–Crippen MR) is 95.5 cm³/mol. The summed E-state index contributed by atoms with van der Waals surface area (Å²) in [5.41, 5.74) is 2.37. The van der Waals surface area contributed by atoms with Crippen LogP contribution in [0.1, 0.15) is 11.1 Å². The highest BCUT2D eigenvalue weighted by molar-refractivity contribution is 7.83. The van der Waals surface area contributed by atoms with Crippen molar-refractivity contribution in [1.82, 2.24) is 9.71 Å². The summed E-state index contributed by atoms with van der Waals surface area (Å²) in [6.45, 7) is 0.213. The number of hydrogen-bond donors (Lipinski definition) is 3. The normalized spacial score (nSPS) is 12.5. The largest absolute Gasteiger partial charge is 0.497 e. The predicted octanol–water partition coefficient (Wildman–Crippen LogP) is 3.13. The lowest BCUT2D eigenvalue weighted by molar-refractivity contribution is 0.280. The number of hydrogen-bond acceptors (Lipinski definition) is 3. The van der Waals surface area contributed by atoms with Crippen molar-refractivity contribution in [2.75, 3.05) is 7.11 Å². The number of halogens is 1. The van der Waals surface area contributed by atoms with Gasteiger partial charge in [0.25, 0.3) is 0 Å². The first kappa shape index (κ1) is 17.0. The Morgan fingerprint density at radius 3 is 2.67 bits per heavy atom. The zero-order chi connectivity index (χ0) is 17.1. The van der Waals surface area contributed by atoms with Crippen LogP contribution in [0, 0.1) is 0 Å². The fourth-order valence-electron chi connectivity index (χ4n) is 2.47. The number of methoxy groups -OCH3 is 1. The molecule has 0 radical (unpaired) electrons. The second kappa shape index (κ2) is 7.36. The summed E-state index contributed by atoms with van der Waals surface area (Å²) < 4.78 is 20.8. The molecule has 3 aromatic rings.